The first kappa shape index (κ1) is 16.0. The quantitative estimate of drug-likeness (QED) is 0.843. The van der Waals surface area contributed by atoms with Crippen LogP contribution in [-0.4, -0.2) is 35.0 Å². The molecule has 0 saturated carbocycles. The first-order valence-corrected chi connectivity index (χ1v) is 7.34. The summed E-state index contributed by atoms with van der Waals surface area (Å²) in [5.74, 6) is 0.250. The van der Waals surface area contributed by atoms with Crippen molar-refractivity contribution < 1.29 is 14.7 Å². The van der Waals surface area contributed by atoms with Gasteiger partial charge in [0.05, 0.1) is 5.75 Å². The summed E-state index contributed by atoms with van der Waals surface area (Å²) < 4.78 is 0. The fourth-order valence-corrected chi connectivity index (χ4v) is 2.25. The maximum absolute atomic E-state index is 11.7. The molecule has 0 saturated heterocycles. The van der Waals surface area contributed by atoms with Crippen LogP contribution in [0.2, 0.25) is 5.02 Å². The van der Waals surface area contributed by atoms with Crippen molar-refractivity contribution in [2.24, 2.45) is 5.92 Å². The number of aliphatic hydroxyl groups excluding tert-OH is 1. The number of benzene rings is 1. The number of hydrogen-bond donors (Lipinski definition) is 2. The highest BCUT2D eigenvalue weighted by molar-refractivity contribution is 7.99. The predicted octanol–water partition coefficient (Wildman–Crippen LogP) is 1.96. The second-order valence-electron chi connectivity index (χ2n) is 4.19. The summed E-state index contributed by atoms with van der Waals surface area (Å²) in [6.45, 7) is 1.99. The zero-order chi connectivity index (χ0) is 14.3. The van der Waals surface area contributed by atoms with Crippen molar-refractivity contribution in [1.29, 1.82) is 0 Å². The van der Waals surface area contributed by atoms with Crippen LogP contribution in [0.3, 0.4) is 0 Å². The van der Waals surface area contributed by atoms with Crippen LogP contribution in [0.5, 0.6) is 0 Å². The summed E-state index contributed by atoms with van der Waals surface area (Å²) in [5.41, 5.74) is 0.395. The Kier molecular flexibility index (Phi) is 6.91. The van der Waals surface area contributed by atoms with E-state index in [1.54, 1.807) is 24.3 Å². The smallest absolute Gasteiger partial charge is 0.257 e. The van der Waals surface area contributed by atoms with E-state index >= 15 is 0 Å². The molecule has 4 nitrogen and oxygen atoms in total. The van der Waals surface area contributed by atoms with Crippen molar-refractivity contribution in [3.8, 4) is 0 Å². The first-order chi connectivity index (χ1) is 9.02. The van der Waals surface area contributed by atoms with Crippen molar-refractivity contribution in [3.05, 3.63) is 34.9 Å². The average molecular weight is 302 g/mol. The number of nitrogens with one attached hydrogen (secondary N) is 1. The molecule has 2 amide bonds. The van der Waals surface area contributed by atoms with Gasteiger partial charge in [0.2, 0.25) is 5.91 Å². The second-order valence-corrected chi connectivity index (χ2v) is 5.65. The Labute approximate surface area is 121 Å². The molecule has 19 heavy (non-hydrogen) atoms. The number of thioether (sulfide) groups is 1. The molecular formula is C13H16ClNO3S. The normalized spacial score (nSPS) is 11.9. The molecular weight excluding hydrogens is 286 g/mol. The third-order valence-electron chi connectivity index (χ3n) is 2.31. The second kappa shape index (κ2) is 8.19. The Hall–Kier alpha value is -1.04. The third-order valence-corrected chi connectivity index (χ3v) is 3.83. The number of amides is 2. The van der Waals surface area contributed by atoms with Gasteiger partial charge in [0, 0.05) is 17.2 Å². The van der Waals surface area contributed by atoms with Crippen LogP contribution in [0.4, 0.5) is 0 Å². The van der Waals surface area contributed by atoms with E-state index in [0.29, 0.717) is 16.3 Å². The fraction of sp³-hybridized carbons (Fsp3) is 0.385. The Morgan fingerprint density at radius 1 is 1.37 bits per heavy atom. The molecule has 104 valence electrons. The molecule has 1 aromatic rings. The van der Waals surface area contributed by atoms with Crippen molar-refractivity contribution in [1.82, 2.24) is 5.32 Å². The highest BCUT2D eigenvalue weighted by atomic mass is 35.5. The van der Waals surface area contributed by atoms with Gasteiger partial charge >= 0.3 is 0 Å². The molecule has 1 unspecified atom stereocenters. The Balaban J connectivity index is 2.36. The van der Waals surface area contributed by atoms with Gasteiger partial charge in [-0.2, -0.15) is 11.8 Å². The summed E-state index contributed by atoms with van der Waals surface area (Å²) >= 11 is 7.10. The molecule has 1 atom stereocenters. The van der Waals surface area contributed by atoms with Gasteiger partial charge in [-0.25, -0.2) is 0 Å². The molecule has 0 radical (unpaired) electrons. The molecule has 0 heterocycles. The summed E-state index contributed by atoms with van der Waals surface area (Å²) in [4.78, 5) is 23.2. The van der Waals surface area contributed by atoms with E-state index in [1.807, 2.05) is 6.92 Å². The van der Waals surface area contributed by atoms with E-state index in [0.717, 1.165) is 0 Å². The summed E-state index contributed by atoms with van der Waals surface area (Å²) in [5, 5.41) is 11.7. The Morgan fingerprint density at radius 2 is 2.00 bits per heavy atom. The van der Waals surface area contributed by atoms with E-state index in [1.165, 1.54) is 11.8 Å². The summed E-state index contributed by atoms with van der Waals surface area (Å²) in [7, 11) is 0. The summed E-state index contributed by atoms with van der Waals surface area (Å²) in [6, 6.07) is 6.31. The van der Waals surface area contributed by atoms with Crippen molar-refractivity contribution in [2.45, 2.75) is 6.92 Å². The van der Waals surface area contributed by atoms with Crippen LogP contribution in [-0.2, 0) is 4.79 Å². The van der Waals surface area contributed by atoms with Crippen molar-refractivity contribution in [2.75, 3.05) is 18.1 Å². The molecule has 1 rings (SSSR count). The van der Waals surface area contributed by atoms with E-state index in [-0.39, 0.29) is 24.2 Å². The van der Waals surface area contributed by atoms with E-state index in [2.05, 4.69) is 5.32 Å². The number of halogens is 1. The zero-order valence-corrected chi connectivity index (χ0v) is 12.1. The van der Waals surface area contributed by atoms with Gasteiger partial charge < -0.3 is 5.11 Å². The molecule has 1 aromatic carbocycles. The van der Waals surface area contributed by atoms with E-state index < -0.39 is 5.91 Å². The zero-order valence-electron chi connectivity index (χ0n) is 10.6. The molecule has 0 fully saturated rings. The number of hydrogen-bond acceptors (Lipinski definition) is 4. The lowest BCUT2D eigenvalue weighted by Crippen LogP contribution is -2.32. The number of aliphatic hydroxyl groups is 1. The standard InChI is InChI=1S/C13H16ClNO3S/c1-9(6-16)7-19-8-12(17)15-13(18)10-2-4-11(14)5-3-10/h2-5,9,16H,6-8H2,1H3,(H,15,17,18). The minimum Gasteiger partial charge on any atom is -0.396 e. The van der Waals surface area contributed by atoms with E-state index in [4.69, 9.17) is 16.7 Å². The number of rotatable bonds is 6. The van der Waals surface area contributed by atoms with Crippen molar-refractivity contribution in [3.63, 3.8) is 0 Å². The van der Waals surface area contributed by atoms with Crippen LogP contribution >= 0.6 is 23.4 Å². The van der Waals surface area contributed by atoms with Crippen LogP contribution < -0.4 is 5.32 Å². The summed E-state index contributed by atoms with van der Waals surface area (Å²) in [6.07, 6.45) is 0. The maximum atomic E-state index is 11.7. The van der Waals surface area contributed by atoms with Crippen LogP contribution in [0.1, 0.15) is 17.3 Å². The predicted molar refractivity (Wildman–Crippen MR) is 77.5 cm³/mol. The van der Waals surface area contributed by atoms with Crippen molar-refractivity contribution >= 4 is 35.2 Å². The maximum Gasteiger partial charge on any atom is 0.257 e. The third kappa shape index (κ3) is 6.09. The number of carbonyl (C=O) groups is 2. The monoisotopic (exact) mass is 301 g/mol. The van der Waals surface area contributed by atoms with Gasteiger partial charge in [0.25, 0.3) is 5.91 Å². The number of carbonyl (C=O) groups excluding carboxylic acids is 2. The molecule has 2 N–H and O–H groups in total. The minimum atomic E-state index is -0.433. The Bertz CT molecular complexity index is 436. The largest absolute Gasteiger partial charge is 0.396 e. The van der Waals surface area contributed by atoms with Gasteiger partial charge in [-0.3, -0.25) is 14.9 Å². The topological polar surface area (TPSA) is 66.4 Å². The van der Waals surface area contributed by atoms with Gasteiger partial charge in [0.15, 0.2) is 0 Å². The van der Waals surface area contributed by atoms with Crippen LogP contribution in [0.15, 0.2) is 24.3 Å². The highest BCUT2D eigenvalue weighted by Gasteiger charge is 2.10. The molecule has 0 aliphatic heterocycles. The lowest BCUT2D eigenvalue weighted by molar-refractivity contribution is -0.117. The molecule has 0 spiro atoms. The van der Waals surface area contributed by atoms with Gasteiger partial charge in [0.1, 0.15) is 0 Å². The van der Waals surface area contributed by atoms with E-state index in [9.17, 15) is 9.59 Å². The van der Waals surface area contributed by atoms with Crippen LogP contribution in [0, 0.1) is 5.92 Å². The SMILES string of the molecule is CC(CO)CSCC(=O)NC(=O)c1ccc(Cl)cc1. The average Bonchev–Trinajstić information content (AvgIpc) is 2.39. The van der Waals surface area contributed by atoms with Gasteiger partial charge in [-0.1, -0.05) is 18.5 Å². The minimum absolute atomic E-state index is 0.0956. The lowest BCUT2D eigenvalue weighted by Gasteiger charge is -2.07. The molecule has 0 aromatic heterocycles. The first-order valence-electron chi connectivity index (χ1n) is 5.81. The molecule has 6 heteroatoms. The lowest BCUT2D eigenvalue weighted by atomic mass is 10.2. The van der Waals surface area contributed by atoms with Crippen LogP contribution in [0.25, 0.3) is 0 Å². The fourth-order valence-electron chi connectivity index (χ4n) is 1.24. The van der Waals surface area contributed by atoms with Gasteiger partial charge in [-0.05, 0) is 35.9 Å². The molecule has 0 bridgehead atoms. The highest BCUT2D eigenvalue weighted by Crippen LogP contribution is 2.10. The van der Waals surface area contributed by atoms with Gasteiger partial charge in [-0.15, -0.1) is 0 Å². The number of imide groups is 1. The Morgan fingerprint density at radius 3 is 2.58 bits per heavy atom. The molecule has 0 aliphatic carbocycles. The molecule has 0 aliphatic rings.